The van der Waals surface area contributed by atoms with Crippen LogP contribution in [0.25, 0.3) is 6.08 Å². The molecule has 0 spiro atoms. The van der Waals surface area contributed by atoms with Crippen LogP contribution >= 0.6 is 0 Å². The van der Waals surface area contributed by atoms with Crippen molar-refractivity contribution in [3.8, 4) is 11.8 Å². The minimum absolute atomic E-state index is 0.103. The van der Waals surface area contributed by atoms with E-state index in [4.69, 9.17) is 10.00 Å². The van der Waals surface area contributed by atoms with E-state index in [0.29, 0.717) is 12.2 Å². The molecule has 0 bridgehead atoms. The molecule has 4 nitrogen and oxygen atoms in total. The lowest BCUT2D eigenvalue weighted by Crippen LogP contribution is -1.98. The standard InChI is InChI=1S/C12H11NO3/c1-2-16-12(15)6-4-9-3-5-10(8-13)11(14)7-9/h3-7,14H,2H2,1H3. The molecule has 0 saturated heterocycles. The van der Waals surface area contributed by atoms with E-state index < -0.39 is 5.97 Å². The summed E-state index contributed by atoms with van der Waals surface area (Å²) in [6, 6.07) is 6.37. The number of hydrogen-bond donors (Lipinski definition) is 1. The molecule has 0 amide bonds. The molecule has 0 aliphatic rings. The Morgan fingerprint density at radius 2 is 2.38 bits per heavy atom. The fourth-order valence-electron chi connectivity index (χ4n) is 1.10. The molecule has 1 aromatic carbocycles. The Morgan fingerprint density at radius 3 is 2.94 bits per heavy atom. The zero-order chi connectivity index (χ0) is 12.0. The second-order valence-electron chi connectivity index (χ2n) is 2.97. The van der Waals surface area contributed by atoms with Gasteiger partial charge in [0.05, 0.1) is 12.2 Å². The topological polar surface area (TPSA) is 70.3 Å². The maximum atomic E-state index is 11.0. The van der Waals surface area contributed by atoms with Crippen LogP contribution in [0.1, 0.15) is 18.1 Å². The van der Waals surface area contributed by atoms with Crippen LogP contribution in [0.15, 0.2) is 24.3 Å². The molecule has 0 fully saturated rings. The molecule has 0 saturated carbocycles. The maximum absolute atomic E-state index is 11.0. The lowest BCUT2D eigenvalue weighted by Gasteiger charge is -1.98. The molecular formula is C12H11NO3. The van der Waals surface area contributed by atoms with Crippen LogP contribution in [0.4, 0.5) is 0 Å². The quantitative estimate of drug-likeness (QED) is 0.619. The second kappa shape index (κ2) is 5.56. The largest absolute Gasteiger partial charge is 0.507 e. The number of carbonyl (C=O) groups is 1. The van der Waals surface area contributed by atoms with Gasteiger partial charge in [-0.25, -0.2) is 4.79 Å². The number of nitriles is 1. The molecule has 0 heterocycles. The third kappa shape index (κ3) is 3.14. The van der Waals surface area contributed by atoms with E-state index in [-0.39, 0.29) is 11.3 Å². The van der Waals surface area contributed by atoms with Crippen molar-refractivity contribution < 1.29 is 14.6 Å². The maximum Gasteiger partial charge on any atom is 0.330 e. The number of hydrogen-bond acceptors (Lipinski definition) is 4. The zero-order valence-electron chi connectivity index (χ0n) is 8.80. The van der Waals surface area contributed by atoms with Crippen molar-refractivity contribution in [3.05, 3.63) is 35.4 Å². The Hall–Kier alpha value is -2.28. The van der Waals surface area contributed by atoms with Crippen LogP contribution < -0.4 is 0 Å². The highest BCUT2D eigenvalue weighted by atomic mass is 16.5. The number of benzene rings is 1. The van der Waals surface area contributed by atoms with E-state index >= 15 is 0 Å². The fraction of sp³-hybridized carbons (Fsp3) is 0.167. The first-order valence-electron chi connectivity index (χ1n) is 4.75. The van der Waals surface area contributed by atoms with Gasteiger partial charge in [-0.15, -0.1) is 0 Å². The normalized spacial score (nSPS) is 10.0. The Labute approximate surface area is 93.4 Å². The van der Waals surface area contributed by atoms with Gasteiger partial charge in [0.25, 0.3) is 0 Å². The highest BCUT2D eigenvalue weighted by molar-refractivity contribution is 5.87. The smallest absolute Gasteiger partial charge is 0.330 e. The molecule has 0 atom stereocenters. The van der Waals surface area contributed by atoms with Crippen molar-refractivity contribution in [2.75, 3.05) is 6.61 Å². The van der Waals surface area contributed by atoms with Gasteiger partial charge < -0.3 is 9.84 Å². The van der Waals surface area contributed by atoms with E-state index in [1.807, 2.05) is 6.07 Å². The van der Waals surface area contributed by atoms with Crippen molar-refractivity contribution in [1.82, 2.24) is 0 Å². The molecule has 16 heavy (non-hydrogen) atoms. The summed E-state index contributed by atoms with van der Waals surface area (Å²) < 4.78 is 4.70. The van der Waals surface area contributed by atoms with Crippen LogP contribution in [-0.2, 0) is 9.53 Å². The van der Waals surface area contributed by atoms with Gasteiger partial charge in [0.15, 0.2) is 0 Å². The van der Waals surface area contributed by atoms with E-state index in [9.17, 15) is 9.90 Å². The van der Waals surface area contributed by atoms with Crippen molar-refractivity contribution >= 4 is 12.0 Å². The third-order valence-corrected chi connectivity index (χ3v) is 1.84. The molecule has 1 aromatic rings. The molecule has 82 valence electrons. The van der Waals surface area contributed by atoms with Gasteiger partial charge in [-0.2, -0.15) is 5.26 Å². The monoisotopic (exact) mass is 217 g/mol. The number of rotatable bonds is 3. The average Bonchev–Trinajstić information content (AvgIpc) is 2.27. The number of ether oxygens (including phenoxy) is 1. The van der Waals surface area contributed by atoms with Gasteiger partial charge in [-0.1, -0.05) is 6.07 Å². The Balaban J connectivity index is 2.80. The molecular weight excluding hydrogens is 206 g/mol. The van der Waals surface area contributed by atoms with Crippen molar-refractivity contribution in [1.29, 1.82) is 5.26 Å². The molecule has 0 aromatic heterocycles. The van der Waals surface area contributed by atoms with Crippen LogP contribution in [0, 0.1) is 11.3 Å². The number of carbonyl (C=O) groups excluding carboxylic acids is 1. The van der Waals surface area contributed by atoms with Crippen LogP contribution in [0.5, 0.6) is 5.75 Å². The summed E-state index contributed by atoms with van der Waals surface area (Å²) in [7, 11) is 0. The Morgan fingerprint density at radius 1 is 1.62 bits per heavy atom. The van der Waals surface area contributed by atoms with E-state index in [1.165, 1.54) is 24.3 Å². The predicted molar refractivity (Wildman–Crippen MR) is 58.5 cm³/mol. The van der Waals surface area contributed by atoms with Crippen molar-refractivity contribution in [2.24, 2.45) is 0 Å². The molecule has 0 aliphatic carbocycles. The summed E-state index contributed by atoms with van der Waals surface area (Å²) in [6.07, 6.45) is 2.78. The number of nitrogens with zero attached hydrogens (tertiary/aromatic N) is 1. The van der Waals surface area contributed by atoms with Gasteiger partial charge in [0.2, 0.25) is 0 Å². The summed E-state index contributed by atoms with van der Waals surface area (Å²) in [4.78, 5) is 11.0. The molecule has 0 radical (unpaired) electrons. The minimum Gasteiger partial charge on any atom is -0.507 e. The van der Waals surface area contributed by atoms with Gasteiger partial charge in [0.1, 0.15) is 11.8 Å². The zero-order valence-corrected chi connectivity index (χ0v) is 8.80. The van der Waals surface area contributed by atoms with E-state index in [2.05, 4.69) is 0 Å². The molecule has 1 N–H and O–H groups in total. The van der Waals surface area contributed by atoms with Crippen LogP contribution in [0.2, 0.25) is 0 Å². The summed E-state index contributed by atoms with van der Waals surface area (Å²) in [5.41, 5.74) is 0.831. The van der Waals surface area contributed by atoms with Crippen molar-refractivity contribution in [2.45, 2.75) is 6.92 Å². The lowest BCUT2D eigenvalue weighted by atomic mass is 10.1. The fourth-order valence-corrected chi connectivity index (χ4v) is 1.10. The molecule has 4 heteroatoms. The van der Waals surface area contributed by atoms with Crippen LogP contribution in [-0.4, -0.2) is 17.7 Å². The lowest BCUT2D eigenvalue weighted by molar-refractivity contribution is -0.137. The van der Waals surface area contributed by atoms with Gasteiger partial charge >= 0.3 is 5.97 Å². The number of phenols is 1. The van der Waals surface area contributed by atoms with Gasteiger partial charge in [0, 0.05) is 6.08 Å². The highest BCUT2D eigenvalue weighted by Gasteiger charge is 2.00. The van der Waals surface area contributed by atoms with Gasteiger partial charge in [-0.05, 0) is 30.7 Å². The third-order valence-electron chi connectivity index (χ3n) is 1.84. The minimum atomic E-state index is -0.439. The van der Waals surface area contributed by atoms with E-state index in [0.717, 1.165) is 0 Å². The first-order valence-corrected chi connectivity index (χ1v) is 4.75. The molecule has 0 unspecified atom stereocenters. The highest BCUT2D eigenvalue weighted by Crippen LogP contribution is 2.18. The first-order chi connectivity index (χ1) is 7.67. The SMILES string of the molecule is CCOC(=O)C=Cc1ccc(C#N)c(O)c1. The number of esters is 1. The van der Waals surface area contributed by atoms with Gasteiger partial charge in [-0.3, -0.25) is 0 Å². The summed E-state index contributed by atoms with van der Waals surface area (Å²) >= 11 is 0. The summed E-state index contributed by atoms with van der Waals surface area (Å²) in [5.74, 6) is -0.542. The predicted octanol–water partition coefficient (Wildman–Crippen LogP) is 1.84. The number of aromatic hydroxyl groups is 1. The van der Waals surface area contributed by atoms with Crippen molar-refractivity contribution in [3.63, 3.8) is 0 Å². The molecule has 0 aliphatic heterocycles. The molecule has 1 rings (SSSR count). The average molecular weight is 217 g/mol. The summed E-state index contributed by atoms with van der Waals surface area (Å²) in [5, 5.41) is 18.0. The first kappa shape index (κ1) is 11.8. The van der Waals surface area contributed by atoms with E-state index in [1.54, 1.807) is 13.0 Å². The van der Waals surface area contributed by atoms with Crippen LogP contribution in [0.3, 0.4) is 0 Å². The summed E-state index contributed by atoms with van der Waals surface area (Å²) in [6.45, 7) is 2.04. The Kier molecular flexibility index (Phi) is 4.10. The number of phenolic OH excluding ortho intramolecular Hbond substituents is 1. The Bertz CT molecular complexity index is 458. The second-order valence-corrected chi connectivity index (χ2v) is 2.97.